The van der Waals surface area contributed by atoms with Gasteiger partial charge in [0.25, 0.3) is 10.0 Å². The van der Waals surface area contributed by atoms with Gasteiger partial charge in [0.15, 0.2) is 0 Å². The van der Waals surface area contributed by atoms with Gasteiger partial charge in [0, 0.05) is 19.8 Å². The topological polar surface area (TPSA) is 88.6 Å². The molecule has 0 saturated heterocycles. The van der Waals surface area contributed by atoms with Crippen molar-refractivity contribution in [2.24, 2.45) is 5.14 Å². The van der Waals surface area contributed by atoms with Gasteiger partial charge in [-0.15, -0.1) is 0 Å². The predicted molar refractivity (Wildman–Crippen MR) is 83.2 cm³/mol. The lowest BCUT2D eigenvalue weighted by Crippen LogP contribution is -2.11. The minimum atomic E-state index is -3.81. The molecule has 0 aliphatic heterocycles. The Labute approximate surface area is 128 Å². The molecule has 1 aromatic carbocycles. The maximum Gasteiger partial charge on any atom is 0.271 e. The lowest BCUT2D eigenvalue weighted by molar-refractivity contribution is 0.419. The van der Waals surface area contributed by atoms with E-state index in [-0.39, 0.29) is 5.09 Å². The van der Waals surface area contributed by atoms with Gasteiger partial charge in [-0.2, -0.15) is 0 Å². The summed E-state index contributed by atoms with van der Waals surface area (Å²) in [6.45, 7) is 0.327. The first-order valence-electron chi connectivity index (χ1n) is 6.09. The number of hydrogen-bond acceptors (Lipinski definition) is 5. The van der Waals surface area contributed by atoms with Crippen molar-refractivity contribution >= 4 is 33.0 Å². The van der Waals surface area contributed by atoms with Crippen LogP contribution in [-0.2, 0) is 16.6 Å². The summed E-state index contributed by atoms with van der Waals surface area (Å²) in [5.41, 5.74) is 1.72. The quantitative estimate of drug-likeness (QED) is 0.878. The number of rotatable bonds is 5. The molecule has 0 spiro atoms. The Morgan fingerprint density at radius 2 is 2.00 bits per heavy atom. The molecule has 0 aliphatic rings. The Bertz CT molecular complexity index is 741. The molecule has 3 N–H and O–H groups in total. The Kier molecular flexibility index (Phi) is 4.46. The first kappa shape index (κ1) is 15.7. The van der Waals surface area contributed by atoms with Gasteiger partial charge in [-0.25, -0.2) is 13.6 Å². The second kappa shape index (κ2) is 5.97. The highest BCUT2D eigenvalue weighted by molar-refractivity contribution is 7.89. The van der Waals surface area contributed by atoms with Crippen molar-refractivity contribution in [2.75, 3.05) is 24.3 Å². The van der Waals surface area contributed by atoms with Crippen LogP contribution in [0.15, 0.2) is 39.8 Å². The van der Waals surface area contributed by atoms with Crippen LogP contribution in [-0.4, -0.2) is 22.5 Å². The molecule has 8 heteroatoms. The fourth-order valence-electron chi connectivity index (χ4n) is 1.77. The lowest BCUT2D eigenvalue weighted by atomic mass is 10.2. The molecule has 0 bridgehead atoms. The summed E-state index contributed by atoms with van der Waals surface area (Å²) in [5, 5.41) is 8.45. The van der Waals surface area contributed by atoms with Gasteiger partial charge >= 0.3 is 0 Å². The van der Waals surface area contributed by atoms with Crippen LogP contribution < -0.4 is 15.4 Å². The van der Waals surface area contributed by atoms with E-state index in [9.17, 15) is 8.42 Å². The lowest BCUT2D eigenvalue weighted by Gasteiger charge is -2.15. The maximum absolute atomic E-state index is 11.1. The predicted octanol–water partition coefficient (Wildman–Crippen LogP) is 2.26. The normalized spacial score (nSPS) is 11.4. The monoisotopic (exact) mass is 329 g/mol. The van der Waals surface area contributed by atoms with Gasteiger partial charge in [0.1, 0.15) is 5.76 Å². The minimum Gasteiger partial charge on any atom is -0.446 e. The largest absolute Gasteiger partial charge is 0.446 e. The molecule has 2 aromatic rings. The summed E-state index contributed by atoms with van der Waals surface area (Å²) in [6.07, 6.45) is 0. The number of hydrogen-bond donors (Lipinski definition) is 2. The van der Waals surface area contributed by atoms with Crippen molar-refractivity contribution in [3.63, 3.8) is 0 Å². The molecular weight excluding hydrogens is 314 g/mol. The smallest absolute Gasteiger partial charge is 0.271 e. The summed E-state index contributed by atoms with van der Waals surface area (Å²) in [7, 11) is 0.00948. The van der Waals surface area contributed by atoms with E-state index in [1.54, 1.807) is 12.1 Å². The van der Waals surface area contributed by atoms with E-state index < -0.39 is 10.0 Å². The van der Waals surface area contributed by atoms with E-state index in [4.69, 9.17) is 21.2 Å². The van der Waals surface area contributed by atoms with Crippen molar-refractivity contribution < 1.29 is 12.8 Å². The fourth-order valence-corrected chi connectivity index (χ4v) is 2.61. The van der Waals surface area contributed by atoms with E-state index in [0.717, 1.165) is 11.4 Å². The molecule has 0 atom stereocenters. The zero-order valence-electron chi connectivity index (χ0n) is 11.6. The molecule has 21 heavy (non-hydrogen) atoms. The van der Waals surface area contributed by atoms with Gasteiger partial charge < -0.3 is 14.6 Å². The van der Waals surface area contributed by atoms with Crippen LogP contribution in [0, 0.1) is 0 Å². The standard InChI is InChI=1S/C13H16ClN3O3S/c1-17(2)12-5-3-9(7-11(12)14)16-8-10-4-6-13(20-10)21(15,18)19/h3-7,16H,8H2,1-2H3,(H2,15,18,19). The molecule has 0 unspecified atom stereocenters. The van der Waals surface area contributed by atoms with E-state index in [0.29, 0.717) is 17.3 Å². The fraction of sp³-hybridized carbons (Fsp3) is 0.231. The van der Waals surface area contributed by atoms with Gasteiger partial charge in [0.05, 0.1) is 17.3 Å². The first-order chi connectivity index (χ1) is 9.77. The van der Waals surface area contributed by atoms with Crippen molar-refractivity contribution in [3.8, 4) is 0 Å². The third-order valence-electron chi connectivity index (χ3n) is 2.81. The van der Waals surface area contributed by atoms with Crippen LogP contribution in [0.5, 0.6) is 0 Å². The Morgan fingerprint density at radius 1 is 1.29 bits per heavy atom. The molecular formula is C13H16ClN3O3S. The van der Waals surface area contributed by atoms with Crippen molar-refractivity contribution in [1.82, 2.24) is 0 Å². The highest BCUT2D eigenvalue weighted by Gasteiger charge is 2.13. The van der Waals surface area contributed by atoms with E-state index >= 15 is 0 Å². The molecule has 0 radical (unpaired) electrons. The average molecular weight is 330 g/mol. The molecule has 0 saturated carbocycles. The molecule has 0 aliphatic carbocycles. The Hall–Kier alpha value is -1.70. The summed E-state index contributed by atoms with van der Waals surface area (Å²) >= 11 is 6.17. The zero-order chi connectivity index (χ0) is 15.6. The molecule has 0 fully saturated rings. The summed E-state index contributed by atoms with van der Waals surface area (Å²) in [4.78, 5) is 1.91. The molecule has 0 amide bonds. The number of primary sulfonamides is 1. The number of benzene rings is 1. The number of sulfonamides is 1. The second-order valence-corrected chi connectivity index (χ2v) is 6.58. The highest BCUT2D eigenvalue weighted by Crippen LogP contribution is 2.27. The average Bonchev–Trinajstić information content (AvgIpc) is 2.84. The molecule has 1 aromatic heterocycles. The molecule has 6 nitrogen and oxygen atoms in total. The zero-order valence-corrected chi connectivity index (χ0v) is 13.2. The van der Waals surface area contributed by atoms with Crippen LogP contribution in [0.3, 0.4) is 0 Å². The van der Waals surface area contributed by atoms with Crippen molar-refractivity contribution in [2.45, 2.75) is 11.6 Å². The van der Waals surface area contributed by atoms with Gasteiger partial charge in [-0.1, -0.05) is 11.6 Å². The van der Waals surface area contributed by atoms with E-state index in [1.807, 2.05) is 31.1 Å². The van der Waals surface area contributed by atoms with Crippen LogP contribution in [0.4, 0.5) is 11.4 Å². The van der Waals surface area contributed by atoms with Crippen LogP contribution >= 0.6 is 11.6 Å². The molecule has 1 heterocycles. The maximum atomic E-state index is 11.1. The highest BCUT2D eigenvalue weighted by atomic mass is 35.5. The van der Waals surface area contributed by atoms with Crippen molar-refractivity contribution in [3.05, 3.63) is 41.1 Å². The SMILES string of the molecule is CN(C)c1ccc(NCc2ccc(S(N)(=O)=O)o2)cc1Cl. The van der Waals surface area contributed by atoms with Gasteiger partial charge in [0.2, 0.25) is 5.09 Å². The Balaban J connectivity index is 2.07. The molecule has 2 rings (SSSR count). The van der Waals surface area contributed by atoms with Gasteiger partial charge in [-0.3, -0.25) is 0 Å². The summed E-state index contributed by atoms with van der Waals surface area (Å²) < 4.78 is 27.4. The number of furan rings is 1. The molecule has 114 valence electrons. The Morgan fingerprint density at radius 3 is 2.52 bits per heavy atom. The number of nitrogens with one attached hydrogen (secondary N) is 1. The van der Waals surface area contributed by atoms with Gasteiger partial charge in [-0.05, 0) is 30.3 Å². The van der Waals surface area contributed by atoms with Crippen LogP contribution in [0.25, 0.3) is 0 Å². The minimum absolute atomic E-state index is 0.250. The summed E-state index contributed by atoms with van der Waals surface area (Å²) in [6, 6.07) is 8.45. The third-order valence-corrected chi connectivity index (χ3v) is 3.90. The van der Waals surface area contributed by atoms with Crippen molar-refractivity contribution in [1.29, 1.82) is 0 Å². The number of nitrogens with zero attached hydrogens (tertiary/aromatic N) is 1. The number of halogens is 1. The summed E-state index contributed by atoms with van der Waals surface area (Å²) in [5.74, 6) is 0.465. The van der Waals surface area contributed by atoms with Crippen LogP contribution in [0.1, 0.15) is 5.76 Å². The first-order valence-corrected chi connectivity index (χ1v) is 8.02. The number of nitrogens with two attached hydrogens (primary N) is 1. The number of anilines is 2. The van der Waals surface area contributed by atoms with E-state index in [2.05, 4.69) is 5.32 Å². The third kappa shape index (κ3) is 3.90. The second-order valence-electron chi connectivity index (χ2n) is 4.68. The van der Waals surface area contributed by atoms with Crippen LogP contribution in [0.2, 0.25) is 5.02 Å². The van der Waals surface area contributed by atoms with E-state index in [1.165, 1.54) is 6.07 Å².